The Morgan fingerprint density at radius 1 is 0.625 bits per heavy atom. The van der Waals surface area contributed by atoms with E-state index >= 15 is 0 Å². The van der Waals surface area contributed by atoms with Crippen LogP contribution in [0.5, 0.6) is 11.5 Å². The van der Waals surface area contributed by atoms with E-state index in [-0.39, 0.29) is 0 Å². The molecule has 0 radical (unpaired) electrons. The molecule has 206 valence electrons. The summed E-state index contributed by atoms with van der Waals surface area (Å²) in [6.45, 7) is 0. The Labute approximate surface area is 242 Å². The van der Waals surface area contributed by atoms with Crippen LogP contribution in [0.3, 0.4) is 0 Å². The molecule has 0 spiro atoms. The minimum absolute atomic E-state index is 0.408. The van der Waals surface area contributed by atoms with Crippen LogP contribution in [0.1, 0.15) is 20.7 Å². The van der Waals surface area contributed by atoms with Gasteiger partial charge in [0.25, 0.3) is 11.4 Å². The fourth-order valence-corrected chi connectivity index (χ4v) is 4.06. The molecule has 3 aromatic rings. The smallest absolute Gasteiger partial charge is 0.423 e. The van der Waals surface area contributed by atoms with Gasteiger partial charge in [-0.15, -0.1) is 0 Å². The number of non-ortho nitro benzene ring substituents is 2. The fourth-order valence-electron chi connectivity index (χ4n) is 3.09. The van der Waals surface area contributed by atoms with Gasteiger partial charge in [0.2, 0.25) is 0 Å². The van der Waals surface area contributed by atoms with Crippen molar-refractivity contribution in [1.82, 2.24) is 0 Å². The van der Waals surface area contributed by atoms with Gasteiger partial charge in [-0.3, -0.25) is 20.2 Å². The lowest BCUT2D eigenvalue weighted by Gasteiger charge is -2.15. The molecule has 4 N–H and O–H groups in total. The third-order valence-electron chi connectivity index (χ3n) is 4.94. The summed E-state index contributed by atoms with van der Waals surface area (Å²) >= 11 is 24.6. The number of benzene rings is 3. The molecule has 0 unspecified atom stereocenters. The van der Waals surface area contributed by atoms with E-state index < -0.39 is 101 Å². The number of halogens is 4. The van der Waals surface area contributed by atoms with Crippen LogP contribution in [0.2, 0.25) is 20.1 Å². The van der Waals surface area contributed by atoms with Crippen LogP contribution in [-0.4, -0.2) is 56.1 Å². The van der Waals surface area contributed by atoms with Crippen LogP contribution in [0, 0.1) is 20.2 Å². The van der Waals surface area contributed by atoms with Gasteiger partial charge in [-0.05, 0) is 23.1 Å². The third-order valence-corrected chi connectivity index (χ3v) is 6.58. The number of ether oxygens (including phenoxy) is 2. The van der Waals surface area contributed by atoms with Gasteiger partial charge in [0.15, 0.2) is 11.5 Å². The van der Waals surface area contributed by atoms with E-state index in [1.54, 1.807) is 0 Å². The summed E-state index contributed by atoms with van der Waals surface area (Å²) in [7, 11) is -4.33. The van der Waals surface area contributed by atoms with Gasteiger partial charge >= 0.3 is 26.2 Å². The molecular formula is C20H10B2Cl4N2O12. The molecule has 0 aliphatic carbocycles. The van der Waals surface area contributed by atoms with Crippen molar-refractivity contribution in [3.63, 3.8) is 0 Å². The summed E-state index contributed by atoms with van der Waals surface area (Å²) in [6, 6.07) is 4.93. The number of nitrogens with zero attached hydrogens (tertiary/aromatic N) is 2. The molecule has 0 aliphatic heterocycles. The third kappa shape index (κ3) is 6.63. The van der Waals surface area contributed by atoms with Gasteiger partial charge in [-0.2, -0.15) is 0 Å². The lowest BCUT2D eigenvalue weighted by molar-refractivity contribution is -0.385. The highest BCUT2D eigenvalue weighted by atomic mass is 35.5. The molecule has 0 saturated carbocycles. The van der Waals surface area contributed by atoms with E-state index in [9.17, 15) is 49.9 Å². The molecule has 0 saturated heterocycles. The first-order valence-corrected chi connectivity index (χ1v) is 11.7. The minimum Gasteiger partial charge on any atom is -0.423 e. The average molecular weight is 634 g/mol. The summed E-state index contributed by atoms with van der Waals surface area (Å²) in [6.07, 6.45) is 0. The highest BCUT2D eigenvalue weighted by molar-refractivity contribution is 6.59. The maximum atomic E-state index is 12.7. The van der Waals surface area contributed by atoms with Crippen molar-refractivity contribution in [3.05, 3.63) is 87.8 Å². The lowest BCUT2D eigenvalue weighted by atomic mass is 9.79. The van der Waals surface area contributed by atoms with Gasteiger partial charge < -0.3 is 29.6 Å². The SMILES string of the molecule is O=C(Oc1c(Cl)c(Cl)c(OC(=O)c2cc(B(O)O)cc([N+](=O)[O-])c2)c(Cl)c1Cl)c1cc(B(O)O)cc([N+](=O)[O-])c1. The van der Waals surface area contributed by atoms with Crippen LogP contribution >= 0.6 is 46.4 Å². The highest BCUT2D eigenvalue weighted by Crippen LogP contribution is 2.50. The molecule has 0 fully saturated rings. The molecular weight excluding hydrogens is 624 g/mol. The molecule has 0 atom stereocenters. The number of nitro groups is 2. The van der Waals surface area contributed by atoms with E-state index in [1.165, 1.54) is 0 Å². The second kappa shape index (κ2) is 12.4. The predicted molar refractivity (Wildman–Crippen MR) is 142 cm³/mol. The first-order valence-electron chi connectivity index (χ1n) is 10.2. The Hall–Kier alpha value is -3.47. The summed E-state index contributed by atoms with van der Waals surface area (Å²) in [5, 5.41) is 57.3. The summed E-state index contributed by atoms with van der Waals surface area (Å²) in [5.41, 5.74) is -3.19. The standard InChI is InChI=1S/C20H10B2Cl4N2O12/c23-13-15(25)18(40-20(30)8-2-10(22(33)34)6-12(4-8)28(37)38)16(26)14(24)17(13)39-19(29)7-1-9(21(31)32)5-11(3-7)27(35)36/h1-6,31-34H. The number of hydrogen-bond acceptors (Lipinski definition) is 12. The first-order chi connectivity index (χ1) is 18.6. The first kappa shape index (κ1) is 31.1. The summed E-state index contributed by atoms with van der Waals surface area (Å²) < 4.78 is 10.2. The largest absolute Gasteiger partial charge is 0.488 e. The average Bonchev–Trinajstić information content (AvgIpc) is 2.91. The molecule has 3 rings (SSSR count). The lowest BCUT2D eigenvalue weighted by Crippen LogP contribution is -2.31. The fraction of sp³-hybridized carbons (Fsp3) is 0. The highest BCUT2D eigenvalue weighted by Gasteiger charge is 2.29. The molecule has 14 nitrogen and oxygen atoms in total. The van der Waals surface area contributed by atoms with E-state index in [2.05, 4.69) is 0 Å². The molecule has 0 aromatic heterocycles. The maximum absolute atomic E-state index is 12.7. The van der Waals surface area contributed by atoms with Gasteiger partial charge in [0, 0.05) is 24.3 Å². The Bertz CT molecular complexity index is 1430. The summed E-state index contributed by atoms with van der Waals surface area (Å²) in [5.74, 6) is -3.94. The number of carbonyl (C=O) groups is 2. The van der Waals surface area contributed by atoms with E-state index in [0.29, 0.717) is 0 Å². The van der Waals surface area contributed by atoms with Crippen molar-refractivity contribution in [3.8, 4) is 11.5 Å². The van der Waals surface area contributed by atoms with Crippen molar-refractivity contribution >= 4 is 94.9 Å². The van der Waals surface area contributed by atoms with Crippen LogP contribution in [0.4, 0.5) is 11.4 Å². The van der Waals surface area contributed by atoms with Crippen LogP contribution in [0.15, 0.2) is 36.4 Å². The van der Waals surface area contributed by atoms with Crippen molar-refractivity contribution in [2.75, 3.05) is 0 Å². The van der Waals surface area contributed by atoms with Crippen molar-refractivity contribution < 1.29 is 49.0 Å². The van der Waals surface area contributed by atoms with Gasteiger partial charge in [0.05, 0.1) is 21.0 Å². The van der Waals surface area contributed by atoms with Crippen molar-refractivity contribution in [2.24, 2.45) is 0 Å². The van der Waals surface area contributed by atoms with E-state index in [4.69, 9.17) is 55.9 Å². The van der Waals surface area contributed by atoms with Crippen molar-refractivity contribution in [1.29, 1.82) is 0 Å². The Kier molecular flexibility index (Phi) is 9.60. The zero-order valence-corrected chi connectivity index (χ0v) is 22.1. The predicted octanol–water partition coefficient (Wildman–Crippen LogP) is 1.91. The Morgan fingerprint density at radius 3 is 1.18 bits per heavy atom. The van der Waals surface area contributed by atoms with Gasteiger partial charge in [0.1, 0.15) is 20.1 Å². The van der Waals surface area contributed by atoms with Gasteiger partial charge in [-0.1, -0.05) is 46.4 Å². The maximum Gasteiger partial charge on any atom is 0.488 e. The second-order valence-corrected chi connectivity index (χ2v) is 9.09. The normalized spacial score (nSPS) is 10.6. The molecule has 0 heterocycles. The zero-order chi connectivity index (χ0) is 30.0. The molecule has 20 heteroatoms. The number of nitro benzene ring substituents is 2. The molecule has 40 heavy (non-hydrogen) atoms. The molecule has 0 aliphatic rings. The second-order valence-electron chi connectivity index (χ2n) is 7.58. The quantitative estimate of drug-likeness (QED) is 0.0698. The molecule has 3 aromatic carbocycles. The minimum atomic E-state index is -2.17. The Morgan fingerprint density at radius 2 is 0.925 bits per heavy atom. The molecule has 0 bridgehead atoms. The number of rotatable bonds is 8. The zero-order valence-electron chi connectivity index (χ0n) is 19.1. The number of esters is 2. The van der Waals surface area contributed by atoms with E-state index in [0.717, 1.165) is 36.4 Å². The van der Waals surface area contributed by atoms with Gasteiger partial charge in [-0.25, -0.2) is 9.59 Å². The molecule has 0 amide bonds. The summed E-state index contributed by atoms with van der Waals surface area (Å²) in [4.78, 5) is 45.9. The van der Waals surface area contributed by atoms with Crippen LogP contribution in [0.25, 0.3) is 0 Å². The van der Waals surface area contributed by atoms with E-state index in [1.807, 2.05) is 0 Å². The Balaban J connectivity index is 1.99. The number of carbonyl (C=O) groups excluding carboxylic acids is 2. The monoisotopic (exact) mass is 632 g/mol. The number of hydrogen-bond donors (Lipinski definition) is 4. The van der Waals surface area contributed by atoms with Crippen LogP contribution in [-0.2, 0) is 0 Å². The van der Waals surface area contributed by atoms with Crippen LogP contribution < -0.4 is 20.4 Å². The topological polar surface area (TPSA) is 220 Å². The van der Waals surface area contributed by atoms with Crippen molar-refractivity contribution in [2.45, 2.75) is 0 Å².